The van der Waals surface area contributed by atoms with Crippen LogP contribution >= 0.6 is 0 Å². The van der Waals surface area contributed by atoms with E-state index in [0.717, 1.165) is 5.56 Å². The van der Waals surface area contributed by atoms with Crippen LogP contribution in [0.2, 0.25) is 0 Å². The first-order valence-electron chi connectivity index (χ1n) is 6.58. The van der Waals surface area contributed by atoms with Crippen LogP contribution in [-0.4, -0.2) is 40.1 Å². The predicted octanol–water partition coefficient (Wildman–Crippen LogP) is 1.65. The van der Waals surface area contributed by atoms with Crippen molar-refractivity contribution in [3.8, 4) is 0 Å². The largest absolute Gasteiger partial charge is 0.481 e. The molecule has 6 heteroatoms. The van der Waals surface area contributed by atoms with Gasteiger partial charge in [0.2, 0.25) is 0 Å². The van der Waals surface area contributed by atoms with Crippen LogP contribution in [0.3, 0.4) is 0 Å². The molecule has 1 atom stereocenters. The van der Waals surface area contributed by atoms with Crippen molar-refractivity contribution in [1.29, 1.82) is 0 Å². The second-order valence-corrected chi connectivity index (χ2v) is 5.68. The normalized spacial score (nSPS) is 20.1. The van der Waals surface area contributed by atoms with E-state index in [0.29, 0.717) is 6.54 Å². The van der Waals surface area contributed by atoms with Crippen LogP contribution in [0.25, 0.3) is 0 Å². The fourth-order valence-electron chi connectivity index (χ4n) is 2.67. The van der Waals surface area contributed by atoms with Gasteiger partial charge in [-0.15, -0.1) is 0 Å². The number of hydrogen-bond acceptors (Lipinski definition) is 3. The number of aromatic nitrogens is 1. The third kappa shape index (κ3) is 2.89. The first-order valence-corrected chi connectivity index (χ1v) is 6.58. The monoisotopic (exact) mass is 277 g/mol. The van der Waals surface area contributed by atoms with Crippen LogP contribution in [0.5, 0.6) is 0 Å². The van der Waals surface area contributed by atoms with Gasteiger partial charge in [0.25, 0.3) is 0 Å². The SMILES string of the molecule is CC1(C)CN(C(=O)NCCC(=O)O)C1c1ccncc1. The number of nitrogens with zero attached hydrogens (tertiary/aromatic N) is 2. The number of carbonyl (C=O) groups excluding carboxylic acids is 1. The van der Waals surface area contributed by atoms with Crippen molar-refractivity contribution in [1.82, 2.24) is 15.2 Å². The number of carboxylic acid groups (broad SMARTS) is 1. The first kappa shape index (κ1) is 14.3. The third-order valence-electron chi connectivity index (χ3n) is 3.53. The predicted molar refractivity (Wildman–Crippen MR) is 73.1 cm³/mol. The fraction of sp³-hybridized carbons (Fsp3) is 0.500. The zero-order valence-corrected chi connectivity index (χ0v) is 11.7. The topological polar surface area (TPSA) is 82.5 Å². The second kappa shape index (κ2) is 5.48. The van der Waals surface area contributed by atoms with Gasteiger partial charge in [0, 0.05) is 30.9 Å². The Morgan fingerprint density at radius 2 is 2.10 bits per heavy atom. The van der Waals surface area contributed by atoms with E-state index in [4.69, 9.17) is 5.11 Å². The molecule has 1 unspecified atom stereocenters. The molecule has 2 N–H and O–H groups in total. The van der Waals surface area contributed by atoms with Gasteiger partial charge in [-0.2, -0.15) is 0 Å². The van der Waals surface area contributed by atoms with Gasteiger partial charge >= 0.3 is 12.0 Å². The van der Waals surface area contributed by atoms with Crippen LogP contribution in [0, 0.1) is 5.41 Å². The van der Waals surface area contributed by atoms with Gasteiger partial charge in [-0.3, -0.25) is 9.78 Å². The highest BCUT2D eigenvalue weighted by molar-refractivity contribution is 5.77. The highest BCUT2D eigenvalue weighted by atomic mass is 16.4. The molecule has 1 aromatic heterocycles. The summed E-state index contributed by atoms with van der Waals surface area (Å²) in [6, 6.07) is 3.59. The molecular formula is C14H19N3O3. The lowest BCUT2D eigenvalue weighted by molar-refractivity contribution is -0.136. The number of hydrogen-bond donors (Lipinski definition) is 2. The maximum Gasteiger partial charge on any atom is 0.317 e. The molecule has 2 heterocycles. The Morgan fingerprint density at radius 1 is 1.45 bits per heavy atom. The maximum absolute atomic E-state index is 12.1. The van der Waals surface area contributed by atoms with Crippen LogP contribution in [-0.2, 0) is 4.79 Å². The molecule has 1 aromatic rings. The van der Waals surface area contributed by atoms with Gasteiger partial charge in [-0.25, -0.2) is 4.79 Å². The van der Waals surface area contributed by atoms with E-state index in [1.54, 1.807) is 17.3 Å². The quantitative estimate of drug-likeness (QED) is 0.876. The molecule has 2 rings (SSSR count). The van der Waals surface area contributed by atoms with Crippen molar-refractivity contribution < 1.29 is 14.7 Å². The number of nitrogens with one attached hydrogen (secondary N) is 1. The van der Waals surface area contributed by atoms with Crippen LogP contribution < -0.4 is 5.32 Å². The Bertz CT molecular complexity index is 502. The van der Waals surface area contributed by atoms with E-state index in [2.05, 4.69) is 24.1 Å². The first-order chi connectivity index (χ1) is 9.42. The Hall–Kier alpha value is -2.11. The minimum atomic E-state index is -0.917. The summed E-state index contributed by atoms with van der Waals surface area (Å²) >= 11 is 0. The van der Waals surface area contributed by atoms with Gasteiger partial charge in [0.1, 0.15) is 0 Å². The summed E-state index contributed by atoms with van der Waals surface area (Å²) in [5.74, 6) is -0.917. The second-order valence-electron chi connectivity index (χ2n) is 5.68. The van der Waals surface area contributed by atoms with Gasteiger partial charge in [0.05, 0.1) is 12.5 Å². The number of pyridine rings is 1. The van der Waals surface area contributed by atoms with E-state index in [-0.39, 0.29) is 30.5 Å². The molecule has 2 amide bonds. The van der Waals surface area contributed by atoms with Crippen LogP contribution in [0.1, 0.15) is 31.9 Å². The Morgan fingerprint density at radius 3 is 2.65 bits per heavy atom. The molecule has 0 aromatic carbocycles. The van der Waals surface area contributed by atoms with Crippen molar-refractivity contribution in [3.63, 3.8) is 0 Å². The molecule has 1 saturated heterocycles. The lowest BCUT2D eigenvalue weighted by Gasteiger charge is -2.54. The summed E-state index contributed by atoms with van der Waals surface area (Å²) < 4.78 is 0. The van der Waals surface area contributed by atoms with Crippen molar-refractivity contribution >= 4 is 12.0 Å². The average Bonchev–Trinajstić information content (AvgIpc) is 2.37. The average molecular weight is 277 g/mol. The molecule has 1 aliphatic heterocycles. The van der Waals surface area contributed by atoms with Crippen molar-refractivity contribution in [3.05, 3.63) is 30.1 Å². The van der Waals surface area contributed by atoms with Crippen molar-refractivity contribution in [2.75, 3.05) is 13.1 Å². The number of carboxylic acids is 1. The number of aliphatic carboxylic acids is 1. The van der Waals surface area contributed by atoms with E-state index >= 15 is 0 Å². The standard InChI is InChI=1S/C14H19N3O3/c1-14(2)9-17(13(20)16-8-5-11(18)19)12(14)10-3-6-15-7-4-10/h3-4,6-7,12H,5,8-9H2,1-2H3,(H,16,20)(H,18,19). The van der Waals surface area contributed by atoms with Crippen LogP contribution in [0.4, 0.5) is 4.79 Å². The molecule has 1 fully saturated rings. The molecule has 108 valence electrons. The highest BCUT2D eigenvalue weighted by Gasteiger charge is 2.48. The zero-order chi connectivity index (χ0) is 14.8. The highest BCUT2D eigenvalue weighted by Crippen LogP contribution is 2.47. The van der Waals surface area contributed by atoms with Gasteiger partial charge in [0.15, 0.2) is 0 Å². The lowest BCUT2D eigenvalue weighted by atomic mass is 9.72. The van der Waals surface area contributed by atoms with Crippen LogP contribution in [0.15, 0.2) is 24.5 Å². The van der Waals surface area contributed by atoms with E-state index in [1.807, 2.05) is 12.1 Å². The third-order valence-corrected chi connectivity index (χ3v) is 3.53. The number of likely N-dealkylation sites (tertiary alicyclic amines) is 1. The smallest absolute Gasteiger partial charge is 0.317 e. The minimum absolute atomic E-state index is 0.00433. The molecular weight excluding hydrogens is 258 g/mol. The summed E-state index contributed by atoms with van der Waals surface area (Å²) in [5, 5.41) is 11.2. The summed E-state index contributed by atoms with van der Waals surface area (Å²) in [7, 11) is 0. The van der Waals surface area contributed by atoms with Gasteiger partial charge in [-0.1, -0.05) is 13.8 Å². The molecule has 0 bridgehead atoms. The summed E-state index contributed by atoms with van der Waals surface area (Å²) in [4.78, 5) is 28.3. The number of amides is 2. The van der Waals surface area contributed by atoms with Crippen molar-refractivity contribution in [2.24, 2.45) is 5.41 Å². The Kier molecular flexibility index (Phi) is 3.92. The summed E-state index contributed by atoms with van der Waals surface area (Å²) in [6.45, 7) is 5.02. The number of urea groups is 1. The molecule has 6 nitrogen and oxygen atoms in total. The maximum atomic E-state index is 12.1. The molecule has 1 aliphatic rings. The zero-order valence-electron chi connectivity index (χ0n) is 11.7. The van der Waals surface area contributed by atoms with Crippen molar-refractivity contribution in [2.45, 2.75) is 26.3 Å². The molecule has 0 spiro atoms. The van der Waals surface area contributed by atoms with Gasteiger partial charge in [-0.05, 0) is 17.7 Å². The Balaban J connectivity index is 2.02. The van der Waals surface area contributed by atoms with E-state index < -0.39 is 5.97 Å². The molecule has 0 aliphatic carbocycles. The lowest BCUT2D eigenvalue weighted by Crippen LogP contribution is -2.60. The minimum Gasteiger partial charge on any atom is -0.481 e. The Labute approximate surface area is 117 Å². The molecule has 0 saturated carbocycles. The molecule has 0 radical (unpaired) electrons. The number of carbonyl (C=O) groups is 2. The molecule has 20 heavy (non-hydrogen) atoms. The fourth-order valence-corrected chi connectivity index (χ4v) is 2.67. The van der Waals surface area contributed by atoms with E-state index in [9.17, 15) is 9.59 Å². The summed E-state index contributed by atoms with van der Waals surface area (Å²) in [6.07, 6.45) is 3.36. The summed E-state index contributed by atoms with van der Waals surface area (Å²) in [5.41, 5.74) is 1.05. The van der Waals surface area contributed by atoms with Gasteiger partial charge < -0.3 is 15.3 Å². The number of rotatable bonds is 4. The van der Waals surface area contributed by atoms with E-state index in [1.165, 1.54) is 0 Å².